The smallest absolute Gasteiger partial charge is 0.340 e. The van der Waals surface area contributed by atoms with E-state index in [1.807, 2.05) is 0 Å². The Kier molecular flexibility index (Phi) is 7.61. The van der Waals surface area contributed by atoms with Gasteiger partial charge in [-0.2, -0.15) is 0 Å². The fourth-order valence-corrected chi connectivity index (χ4v) is 3.55. The van der Waals surface area contributed by atoms with Gasteiger partial charge < -0.3 is 10.1 Å². The van der Waals surface area contributed by atoms with Crippen LogP contribution in [0, 0.1) is 0 Å². The SMILES string of the molecule is C=CCNC(=O)COC(=O)c1cc(S(=O)(=O)Nc2ccc(Br)cc2)ccc1Cl. The minimum Gasteiger partial charge on any atom is -0.452 e. The fraction of sp³-hybridized carbons (Fsp3) is 0.111. The lowest BCUT2D eigenvalue weighted by molar-refractivity contribution is -0.124. The van der Waals surface area contributed by atoms with E-state index >= 15 is 0 Å². The third-order valence-corrected chi connectivity index (χ3v) is 5.58. The second kappa shape index (κ2) is 9.72. The Morgan fingerprint density at radius 2 is 1.86 bits per heavy atom. The van der Waals surface area contributed by atoms with Crippen molar-refractivity contribution in [1.82, 2.24) is 5.32 Å². The standard InChI is InChI=1S/C18H16BrClN2O5S/c1-2-9-21-17(23)11-27-18(24)15-10-14(7-8-16(15)20)28(25,26)22-13-5-3-12(19)4-6-13/h2-8,10,22H,1,9,11H2,(H,21,23). The average Bonchev–Trinajstić information content (AvgIpc) is 2.66. The van der Waals surface area contributed by atoms with Crippen molar-refractivity contribution in [3.8, 4) is 0 Å². The summed E-state index contributed by atoms with van der Waals surface area (Å²) in [6.07, 6.45) is 1.48. The van der Waals surface area contributed by atoms with Crippen LogP contribution >= 0.6 is 27.5 Å². The van der Waals surface area contributed by atoms with Crippen molar-refractivity contribution in [3.63, 3.8) is 0 Å². The number of nitrogens with one attached hydrogen (secondary N) is 2. The highest BCUT2D eigenvalue weighted by Gasteiger charge is 2.20. The summed E-state index contributed by atoms with van der Waals surface area (Å²) in [6, 6.07) is 10.1. The largest absolute Gasteiger partial charge is 0.452 e. The Bertz CT molecular complexity index is 994. The fourth-order valence-electron chi connectivity index (χ4n) is 2.01. The molecule has 7 nitrogen and oxygen atoms in total. The predicted molar refractivity (Wildman–Crippen MR) is 110 cm³/mol. The van der Waals surface area contributed by atoms with Gasteiger partial charge in [0.25, 0.3) is 15.9 Å². The zero-order chi connectivity index (χ0) is 20.7. The van der Waals surface area contributed by atoms with E-state index in [0.717, 1.165) is 10.5 Å². The van der Waals surface area contributed by atoms with Crippen molar-refractivity contribution in [2.24, 2.45) is 0 Å². The topological polar surface area (TPSA) is 102 Å². The molecule has 0 radical (unpaired) electrons. The highest BCUT2D eigenvalue weighted by atomic mass is 79.9. The summed E-state index contributed by atoms with van der Waals surface area (Å²) in [4.78, 5) is 23.5. The molecule has 2 aromatic rings. The molecule has 0 unspecified atom stereocenters. The van der Waals surface area contributed by atoms with Gasteiger partial charge in [-0.15, -0.1) is 6.58 Å². The predicted octanol–water partition coefficient (Wildman–Crippen LogP) is 3.36. The summed E-state index contributed by atoms with van der Waals surface area (Å²) in [7, 11) is -3.96. The van der Waals surface area contributed by atoms with E-state index in [2.05, 4.69) is 32.5 Å². The molecule has 0 saturated carbocycles. The highest BCUT2D eigenvalue weighted by Crippen LogP contribution is 2.24. The number of ether oxygens (including phenoxy) is 1. The lowest BCUT2D eigenvalue weighted by atomic mass is 10.2. The molecule has 0 bridgehead atoms. The van der Waals surface area contributed by atoms with E-state index in [1.54, 1.807) is 24.3 Å². The quantitative estimate of drug-likeness (QED) is 0.439. The molecule has 0 atom stereocenters. The van der Waals surface area contributed by atoms with Gasteiger partial charge in [0.15, 0.2) is 6.61 Å². The zero-order valence-electron chi connectivity index (χ0n) is 14.4. The van der Waals surface area contributed by atoms with Crippen LogP contribution in [0.5, 0.6) is 0 Å². The minimum absolute atomic E-state index is 0.000841. The summed E-state index contributed by atoms with van der Waals surface area (Å²) in [6.45, 7) is 3.15. The van der Waals surface area contributed by atoms with Gasteiger partial charge in [-0.25, -0.2) is 13.2 Å². The van der Waals surface area contributed by atoms with Crippen molar-refractivity contribution in [3.05, 3.63) is 70.2 Å². The molecule has 2 N–H and O–H groups in total. The van der Waals surface area contributed by atoms with Crippen LogP contribution in [0.3, 0.4) is 0 Å². The highest BCUT2D eigenvalue weighted by molar-refractivity contribution is 9.10. The molecule has 0 saturated heterocycles. The molecular weight excluding hydrogens is 472 g/mol. The molecule has 148 valence electrons. The monoisotopic (exact) mass is 486 g/mol. The number of amides is 1. The summed E-state index contributed by atoms with van der Waals surface area (Å²) in [5.74, 6) is -1.44. The first-order chi connectivity index (χ1) is 13.2. The molecule has 0 fully saturated rings. The lowest BCUT2D eigenvalue weighted by Crippen LogP contribution is -2.28. The van der Waals surface area contributed by atoms with Gasteiger partial charge >= 0.3 is 5.97 Å². The number of anilines is 1. The van der Waals surface area contributed by atoms with E-state index < -0.39 is 28.5 Å². The molecule has 28 heavy (non-hydrogen) atoms. The van der Waals surface area contributed by atoms with Gasteiger partial charge in [0.1, 0.15) is 0 Å². The van der Waals surface area contributed by atoms with Crippen LogP contribution in [0.1, 0.15) is 10.4 Å². The van der Waals surface area contributed by atoms with Crippen LogP contribution in [0.15, 0.2) is 64.5 Å². The number of hydrogen-bond donors (Lipinski definition) is 2. The summed E-state index contributed by atoms with van der Waals surface area (Å²) in [5, 5.41) is 2.44. The van der Waals surface area contributed by atoms with Gasteiger partial charge in [0.05, 0.1) is 15.5 Å². The van der Waals surface area contributed by atoms with Crippen LogP contribution in [-0.2, 0) is 19.6 Å². The molecule has 0 heterocycles. The maximum absolute atomic E-state index is 12.6. The number of esters is 1. The molecule has 0 aromatic heterocycles. The molecule has 0 aliphatic rings. The van der Waals surface area contributed by atoms with Gasteiger partial charge in [0, 0.05) is 16.7 Å². The van der Waals surface area contributed by atoms with E-state index in [9.17, 15) is 18.0 Å². The number of carbonyl (C=O) groups is 2. The third-order valence-electron chi connectivity index (χ3n) is 3.34. The molecule has 2 rings (SSSR count). The van der Waals surface area contributed by atoms with Crippen LogP contribution in [0.4, 0.5) is 5.69 Å². The van der Waals surface area contributed by atoms with Crippen LogP contribution in [0.2, 0.25) is 5.02 Å². The lowest BCUT2D eigenvalue weighted by Gasteiger charge is -2.11. The molecule has 0 spiro atoms. The molecule has 0 aliphatic heterocycles. The third kappa shape index (κ3) is 6.08. The van der Waals surface area contributed by atoms with Crippen molar-refractivity contribution in [2.75, 3.05) is 17.9 Å². The first kappa shape index (κ1) is 21.9. The number of hydrogen-bond acceptors (Lipinski definition) is 5. The summed E-state index contributed by atoms with van der Waals surface area (Å²) >= 11 is 9.25. The van der Waals surface area contributed by atoms with Crippen molar-refractivity contribution in [2.45, 2.75) is 4.90 Å². The van der Waals surface area contributed by atoms with Crippen LogP contribution in [-0.4, -0.2) is 33.4 Å². The summed E-state index contributed by atoms with van der Waals surface area (Å²) in [5.41, 5.74) is 0.179. The zero-order valence-corrected chi connectivity index (χ0v) is 17.6. The Balaban J connectivity index is 2.17. The Morgan fingerprint density at radius 1 is 1.18 bits per heavy atom. The Hall–Kier alpha value is -2.36. The van der Waals surface area contributed by atoms with Crippen LogP contribution in [0.25, 0.3) is 0 Å². The normalized spacial score (nSPS) is 10.8. The number of carbonyl (C=O) groups excluding carboxylic acids is 2. The molecule has 2 aromatic carbocycles. The number of sulfonamides is 1. The van der Waals surface area contributed by atoms with E-state index in [-0.39, 0.29) is 22.0 Å². The maximum atomic E-state index is 12.6. The maximum Gasteiger partial charge on any atom is 0.340 e. The number of benzene rings is 2. The van der Waals surface area contributed by atoms with Crippen molar-refractivity contribution >= 4 is 55.1 Å². The summed E-state index contributed by atoms with van der Waals surface area (Å²) < 4.78 is 33.2. The first-order valence-corrected chi connectivity index (χ1v) is 10.5. The van der Waals surface area contributed by atoms with Crippen LogP contribution < -0.4 is 10.0 Å². The molecule has 1 amide bonds. The van der Waals surface area contributed by atoms with Crippen molar-refractivity contribution in [1.29, 1.82) is 0 Å². The van der Waals surface area contributed by atoms with Gasteiger partial charge in [-0.05, 0) is 42.5 Å². The van der Waals surface area contributed by atoms with Crippen molar-refractivity contribution < 1.29 is 22.7 Å². The minimum atomic E-state index is -3.96. The van der Waals surface area contributed by atoms with Gasteiger partial charge in [0.2, 0.25) is 0 Å². The van der Waals surface area contributed by atoms with Gasteiger partial charge in [-0.1, -0.05) is 33.6 Å². The van der Waals surface area contributed by atoms with Gasteiger partial charge in [-0.3, -0.25) is 9.52 Å². The number of halogens is 2. The number of rotatable bonds is 8. The Morgan fingerprint density at radius 3 is 2.50 bits per heavy atom. The second-order valence-electron chi connectivity index (χ2n) is 5.42. The average molecular weight is 488 g/mol. The second-order valence-corrected chi connectivity index (χ2v) is 8.43. The van der Waals surface area contributed by atoms with E-state index in [0.29, 0.717) is 5.69 Å². The molecule has 10 heteroatoms. The molecule has 0 aliphatic carbocycles. The van der Waals surface area contributed by atoms with E-state index in [1.165, 1.54) is 18.2 Å². The molecular formula is C18H16BrClN2O5S. The first-order valence-electron chi connectivity index (χ1n) is 7.85. The van der Waals surface area contributed by atoms with E-state index in [4.69, 9.17) is 16.3 Å². The Labute approximate surface area is 175 Å².